The molecule has 0 aliphatic carbocycles. The molecule has 1 fully saturated rings. The van der Waals surface area contributed by atoms with Gasteiger partial charge in [0.2, 0.25) is 0 Å². The highest BCUT2D eigenvalue weighted by molar-refractivity contribution is 6.02. The number of nitrogens with one attached hydrogen (secondary N) is 2. The molecular weight excluding hydrogens is 350 g/mol. The first kappa shape index (κ1) is 18.4. The summed E-state index contributed by atoms with van der Waals surface area (Å²) in [4.78, 5) is 16.8. The highest BCUT2D eigenvalue weighted by Crippen LogP contribution is 2.16. The number of anilines is 1. The minimum absolute atomic E-state index is 0.227. The van der Waals surface area contributed by atoms with Crippen LogP contribution in [0.4, 0.5) is 5.82 Å². The molecule has 4 rings (SSSR count). The first-order valence-corrected chi connectivity index (χ1v) is 9.84. The molecule has 1 aliphatic rings. The molecule has 6 nitrogen and oxygen atoms in total. The Bertz CT molecular complexity index is 915. The molecule has 2 aromatic heterocycles. The molecule has 0 bridgehead atoms. The van der Waals surface area contributed by atoms with Crippen LogP contribution in [0, 0.1) is 0 Å². The van der Waals surface area contributed by atoms with Crippen molar-refractivity contribution in [3.63, 3.8) is 0 Å². The lowest BCUT2D eigenvalue weighted by molar-refractivity contribution is 0.102. The molecule has 1 atom stereocenters. The largest absolute Gasteiger partial charge is 0.315 e. The number of hydrogen-bond donors (Lipinski definition) is 2. The molecule has 2 N–H and O–H groups in total. The molecule has 6 heteroatoms. The van der Waals surface area contributed by atoms with E-state index in [4.69, 9.17) is 0 Å². The lowest BCUT2D eigenvalue weighted by Gasteiger charge is -2.22. The monoisotopic (exact) mass is 375 g/mol. The molecule has 1 aromatic carbocycles. The minimum atomic E-state index is -0.227. The Morgan fingerprint density at radius 2 is 2.00 bits per heavy atom. The van der Waals surface area contributed by atoms with Crippen molar-refractivity contribution in [2.75, 3.05) is 18.4 Å². The normalized spacial score (nSPS) is 16.6. The lowest BCUT2D eigenvalue weighted by atomic mass is 10.1. The van der Waals surface area contributed by atoms with Crippen molar-refractivity contribution < 1.29 is 4.79 Å². The summed E-state index contributed by atoms with van der Waals surface area (Å²) in [6, 6.07) is 16.4. The van der Waals surface area contributed by atoms with Crippen molar-refractivity contribution in [2.24, 2.45) is 0 Å². The van der Waals surface area contributed by atoms with E-state index in [1.807, 2.05) is 29.1 Å². The van der Waals surface area contributed by atoms with Gasteiger partial charge in [-0.15, -0.1) is 0 Å². The highest BCUT2D eigenvalue weighted by atomic mass is 16.2. The van der Waals surface area contributed by atoms with E-state index in [-0.39, 0.29) is 5.91 Å². The number of pyridine rings is 1. The van der Waals surface area contributed by atoms with E-state index < -0.39 is 0 Å². The van der Waals surface area contributed by atoms with Crippen molar-refractivity contribution in [1.29, 1.82) is 0 Å². The van der Waals surface area contributed by atoms with E-state index in [2.05, 4.69) is 45.0 Å². The topological polar surface area (TPSA) is 71.8 Å². The molecule has 1 unspecified atom stereocenters. The second-order valence-corrected chi connectivity index (χ2v) is 7.17. The van der Waals surface area contributed by atoms with Gasteiger partial charge in [0.1, 0.15) is 5.82 Å². The van der Waals surface area contributed by atoms with Gasteiger partial charge in [-0.1, -0.05) is 30.3 Å². The Labute approximate surface area is 165 Å². The summed E-state index contributed by atoms with van der Waals surface area (Å²) in [5.41, 5.74) is 2.86. The SMILES string of the molecule is O=C(Nc1cc(CCc2ccccc2)ccn1)c1ccn(C2CCCNC2)n1. The van der Waals surface area contributed by atoms with Gasteiger partial charge in [-0.2, -0.15) is 5.10 Å². The summed E-state index contributed by atoms with van der Waals surface area (Å²) in [6.45, 7) is 1.95. The Balaban J connectivity index is 1.37. The van der Waals surface area contributed by atoms with Crippen LogP contribution in [0.3, 0.4) is 0 Å². The van der Waals surface area contributed by atoms with Crippen LogP contribution in [0.5, 0.6) is 0 Å². The number of hydrogen-bond acceptors (Lipinski definition) is 4. The number of nitrogens with zero attached hydrogens (tertiary/aromatic N) is 3. The van der Waals surface area contributed by atoms with Crippen molar-refractivity contribution in [2.45, 2.75) is 31.7 Å². The summed E-state index contributed by atoms with van der Waals surface area (Å²) >= 11 is 0. The van der Waals surface area contributed by atoms with E-state index in [0.717, 1.165) is 44.3 Å². The molecule has 1 saturated heterocycles. The lowest BCUT2D eigenvalue weighted by Crippen LogP contribution is -2.32. The maximum Gasteiger partial charge on any atom is 0.277 e. The zero-order chi connectivity index (χ0) is 19.2. The summed E-state index contributed by atoms with van der Waals surface area (Å²) < 4.78 is 1.89. The third-order valence-electron chi connectivity index (χ3n) is 5.10. The third-order valence-corrected chi connectivity index (χ3v) is 5.10. The number of piperidine rings is 1. The van der Waals surface area contributed by atoms with Crippen LogP contribution in [0.1, 0.15) is 40.5 Å². The van der Waals surface area contributed by atoms with E-state index in [1.165, 1.54) is 5.56 Å². The predicted octanol–water partition coefficient (Wildman–Crippen LogP) is 3.24. The molecule has 1 aliphatic heterocycles. The van der Waals surface area contributed by atoms with Crippen LogP contribution in [-0.2, 0) is 12.8 Å². The summed E-state index contributed by atoms with van der Waals surface area (Å²) in [5.74, 6) is 0.333. The van der Waals surface area contributed by atoms with Crippen molar-refractivity contribution in [3.8, 4) is 0 Å². The van der Waals surface area contributed by atoms with Crippen molar-refractivity contribution >= 4 is 11.7 Å². The molecule has 1 amide bonds. The number of aryl methyl sites for hydroxylation is 2. The van der Waals surface area contributed by atoms with Crippen LogP contribution in [-0.4, -0.2) is 33.8 Å². The smallest absolute Gasteiger partial charge is 0.277 e. The fraction of sp³-hybridized carbons (Fsp3) is 0.318. The average molecular weight is 375 g/mol. The van der Waals surface area contributed by atoms with Gasteiger partial charge in [-0.05, 0) is 61.6 Å². The van der Waals surface area contributed by atoms with E-state index in [9.17, 15) is 4.79 Å². The van der Waals surface area contributed by atoms with Crippen molar-refractivity contribution in [3.05, 3.63) is 77.7 Å². The standard InChI is InChI=1S/C22H25N5O/c28-22(20-11-14-27(26-20)19-7-4-12-23-16-19)25-21-15-18(10-13-24-21)9-8-17-5-2-1-3-6-17/h1-3,5-6,10-11,13-15,19,23H,4,7-9,12,16H2,(H,24,25,28). The van der Waals surface area contributed by atoms with Crippen molar-refractivity contribution in [1.82, 2.24) is 20.1 Å². The highest BCUT2D eigenvalue weighted by Gasteiger charge is 2.18. The maximum absolute atomic E-state index is 12.6. The van der Waals surface area contributed by atoms with Crippen LogP contribution < -0.4 is 10.6 Å². The second kappa shape index (κ2) is 8.80. The predicted molar refractivity (Wildman–Crippen MR) is 109 cm³/mol. The fourth-order valence-electron chi connectivity index (χ4n) is 3.53. The van der Waals surface area contributed by atoms with Gasteiger partial charge in [-0.25, -0.2) is 4.98 Å². The summed E-state index contributed by atoms with van der Waals surface area (Å²) in [6.07, 6.45) is 7.70. The van der Waals surface area contributed by atoms with Crippen LogP contribution in [0.25, 0.3) is 0 Å². The van der Waals surface area contributed by atoms with Gasteiger partial charge in [0.25, 0.3) is 5.91 Å². The molecule has 0 saturated carbocycles. The zero-order valence-corrected chi connectivity index (χ0v) is 15.8. The second-order valence-electron chi connectivity index (χ2n) is 7.17. The first-order valence-electron chi connectivity index (χ1n) is 9.84. The Morgan fingerprint density at radius 1 is 1.14 bits per heavy atom. The van der Waals surface area contributed by atoms with Gasteiger partial charge in [0.05, 0.1) is 6.04 Å². The first-order chi connectivity index (χ1) is 13.8. The molecular formula is C22H25N5O. The number of carbonyl (C=O) groups excluding carboxylic acids is 1. The number of carbonyl (C=O) groups is 1. The Hall–Kier alpha value is -2.99. The molecule has 3 heterocycles. The number of benzene rings is 1. The average Bonchev–Trinajstić information content (AvgIpc) is 3.25. The van der Waals surface area contributed by atoms with Gasteiger partial charge < -0.3 is 10.6 Å². The van der Waals surface area contributed by atoms with Gasteiger partial charge >= 0.3 is 0 Å². The quantitative estimate of drug-likeness (QED) is 0.694. The molecule has 144 valence electrons. The Morgan fingerprint density at radius 3 is 2.82 bits per heavy atom. The van der Waals surface area contributed by atoms with Crippen LogP contribution >= 0.6 is 0 Å². The Kier molecular flexibility index (Phi) is 5.77. The maximum atomic E-state index is 12.6. The zero-order valence-electron chi connectivity index (χ0n) is 15.8. The number of amides is 1. The molecule has 0 radical (unpaired) electrons. The van der Waals surface area contributed by atoms with Gasteiger partial charge in [0.15, 0.2) is 5.69 Å². The van der Waals surface area contributed by atoms with E-state index in [0.29, 0.717) is 17.6 Å². The fourth-order valence-corrected chi connectivity index (χ4v) is 3.53. The van der Waals surface area contributed by atoms with Gasteiger partial charge in [0, 0.05) is 18.9 Å². The molecule has 3 aromatic rings. The summed E-state index contributed by atoms with van der Waals surface area (Å²) in [5, 5.41) is 10.7. The molecule has 28 heavy (non-hydrogen) atoms. The number of rotatable bonds is 6. The third kappa shape index (κ3) is 4.64. The van der Waals surface area contributed by atoms with E-state index in [1.54, 1.807) is 12.3 Å². The van der Waals surface area contributed by atoms with Crippen LogP contribution in [0.2, 0.25) is 0 Å². The van der Waals surface area contributed by atoms with Gasteiger partial charge in [-0.3, -0.25) is 9.48 Å². The minimum Gasteiger partial charge on any atom is -0.315 e. The summed E-state index contributed by atoms with van der Waals surface area (Å²) in [7, 11) is 0. The van der Waals surface area contributed by atoms with E-state index >= 15 is 0 Å². The molecule has 0 spiro atoms. The number of aromatic nitrogens is 3. The van der Waals surface area contributed by atoms with Crippen LogP contribution in [0.15, 0.2) is 60.9 Å².